The molecule has 0 aromatic carbocycles. The standard InChI is InChI=1S/C15H23NO3/c1-14(17)6-10-19-15(12-14)4-7-16(8-5-15)11-13-3-2-9-18-13/h2-3,9,17H,4-8,10-12H2,1H3. The first-order valence-corrected chi connectivity index (χ1v) is 7.18. The summed E-state index contributed by atoms with van der Waals surface area (Å²) < 4.78 is 11.4. The maximum atomic E-state index is 10.3. The van der Waals surface area contributed by atoms with Crippen molar-refractivity contribution in [2.75, 3.05) is 19.7 Å². The molecule has 1 aromatic heterocycles. The highest BCUT2D eigenvalue weighted by Gasteiger charge is 2.44. The van der Waals surface area contributed by atoms with E-state index in [1.54, 1.807) is 6.26 Å². The summed E-state index contributed by atoms with van der Waals surface area (Å²) in [6.45, 7) is 5.52. The van der Waals surface area contributed by atoms with E-state index >= 15 is 0 Å². The summed E-state index contributed by atoms with van der Waals surface area (Å²) in [6.07, 6.45) is 5.26. The molecule has 1 aromatic rings. The summed E-state index contributed by atoms with van der Waals surface area (Å²) in [4.78, 5) is 2.40. The predicted molar refractivity (Wildman–Crippen MR) is 71.8 cm³/mol. The van der Waals surface area contributed by atoms with Crippen molar-refractivity contribution in [1.82, 2.24) is 4.90 Å². The summed E-state index contributed by atoms with van der Waals surface area (Å²) in [5.41, 5.74) is -0.650. The Morgan fingerprint density at radius 3 is 2.74 bits per heavy atom. The fourth-order valence-electron chi connectivity index (χ4n) is 3.38. The van der Waals surface area contributed by atoms with Crippen molar-refractivity contribution in [2.24, 2.45) is 0 Å². The summed E-state index contributed by atoms with van der Waals surface area (Å²) >= 11 is 0. The van der Waals surface area contributed by atoms with E-state index < -0.39 is 5.60 Å². The van der Waals surface area contributed by atoms with E-state index in [1.807, 2.05) is 19.1 Å². The third-order valence-electron chi connectivity index (χ3n) is 4.48. The van der Waals surface area contributed by atoms with Gasteiger partial charge in [0.2, 0.25) is 0 Å². The van der Waals surface area contributed by atoms with Gasteiger partial charge in [-0.25, -0.2) is 0 Å². The average molecular weight is 265 g/mol. The highest BCUT2D eigenvalue weighted by atomic mass is 16.5. The monoisotopic (exact) mass is 265 g/mol. The Hall–Kier alpha value is -0.840. The van der Waals surface area contributed by atoms with Gasteiger partial charge in [-0.15, -0.1) is 0 Å². The number of furan rings is 1. The van der Waals surface area contributed by atoms with Crippen LogP contribution in [0.1, 0.15) is 38.4 Å². The Kier molecular flexibility index (Phi) is 3.41. The maximum absolute atomic E-state index is 10.3. The maximum Gasteiger partial charge on any atom is 0.117 e. The molecule has 3 heterocycles. The number of nitrogens with zero attached hydrogens (tertiary/aromatic N) is 1. The van der Waals surface area contributed by atoms with Gasteiger partial charge in [-0.05, 0) is 38.3 Å². The molecule has 2 saturated heterocycles. The molecule has 1 N–H and O–H groups in total. The van der Waals surface area contributed by atoms with E-state index in [0.29, 0.717) is 6.61 Å². The molecule has 106 valence electrons. The van der Waals surface area contributed by atoms with Crippen molar-refractivity contribution >= 4 is 0 Å². The van der Waals surface area contributed by atoms with Crippen LogP contribution >= 0.6 is 0 Å². The van der Waals surface area contributed by atoms with Crippen molar-refractivity contribution in [3.63, 3.8) is 0 Å². The molecule has 0 bridgehead atoms. The van der Waals surface area contributed by atoms with Crippen molar-refractivity contribution in [3.05, 3.63) is 24.2 Å². The second-order valence-electron chi connectivity index (χ2n) is 6.31. The zero-order chi connectivity index (χ0) is 13.3. The minimum absolute atomic E-state index is 0.0958. The molecule has 1 unspecified atom stereocenters. The van der Waals surface area contributed by atoms with E-state index in [4.69, 9.17) is 9.15 Å². The molecular weight excluding hydrogens is 242 g/mol. The van der Waals surface area contributed by atoms with Gasteiger partial charge in [0.25, 0.3) is 0 Å². The predicted octanol–water partition coefficient (Wildman–Crippen LogP) is 2.18. The Morgan fingerprint density at radius 2 is 2.11 bits per heavy atom. The van der Waals surface area contributed by atoms with Gasteiger partial charge in [-0.1, -0.05) is 0 Å². The lowest BCUT2D eigenvalue weighted by molar-refractivity contribution is -0.173. The minimum atomic E-state index is -0.554. The Labute approximate surface area is 114 Å². The van der Waals surface area contributed by atoms with Crippen molar-refractivity contribution in [3.8, 4) is 0 Å². The Balaban J connectivity index is 1.57. The zero-order valence-electron chi connectivity index (χ0n) is 11.6. The summed E-state index contributed by atoms with van der Waals surface area (Å²) in [7, 11) is 0. The van der Waals surface area contributed by atoms with E-state index in [9.17, 15) is 5.11 Å². The zero-order valence-corrected chi connectivity index (χ0v) is 11.6. The Bertz CT molecular complexity index is 405. The first kappa shape index (κ1) is 13.2. The number of hydrogen-bond acceptors (Lipinski definition) is 4. The minimum Gasteiger partial charge on any atom is -0.468 e. The number of piperidine rings is 1. The molecule has 0 aliphatic carbocycles. The largest absolute Gasteiger partial charge is 0.468 e. The number of aliphatic hydroxyl groups is 1. The van der Waals surface area contributed by atoms with Gasteiger partial charge >= 0.3 is 0 Å². The summed E-state index contributed by atoms with van der Waals surface area (Å²) in [6, 6.07) is 3.95. The molecule has 2 aliphatic heterocycles. The molecule has 2 aliphatic rings. The van der Waals surface area contributed by atoms with Crippen LogP contribution in [0.3, 0.4) is 0 Å². The Morgan fingerprint density at radius 1 is 1.32 bits per heavy atom. The molecular formula is C15H23NO3. The lowest BCUT2D eigenvalue weighted by Crippen LogP contribution is -2.53. The van der Waals surface area contributed by atoms with Crippen LogP contribution in [0.15, 0.2) is 22.8 Å². The van der Waals surface area contributed by atoms with Crippen molar-refractivity contribution < 1.29 is 14.3 Å². The number of likely N-dealkylation sites (tertiary alicyclic amines) is 1. The molecule has 1 atom stereocenters. The first-order valence-electron chi connectivity index (χ1n) is 7.18. The second kappa shape index (κ2) is 4.93. The fraction of sp³-hybridized carbons (Fsp3) is 0.733. The molecule has 1 spiro atoms. The van der Waals surface area contributed by atoms with Crippen LogP contribution < -0.4 is 0 Å². The fourth-order valence-corrected chi connectivity index (χ4v) is 3.38. The van der Waals surface area contributed by atoms with Crippen LogP contribution in [0.5, 0.6) is 0 Å². The van der Waals surface area contributed by atoms with E-state index in [0.717, 1.165) is 51.1 Å². The first-order chi connectivity index (χ1) is 9.07. The van der Waals surface area contributed by atoms with E-state index in [-0.39, 0.29) is 5.60 Å². The summed E-state index contributed by atoms with van der Waals surface area (Å²) in [5, 5.41) is 10.3. The highest BCUT2D eigenvalue weighted by molar-refractivity contribution is 5.00. The molecule has 0 radical (unpaired) electrons. The second-order valence-corrected chi connectivity index (χ2v) is 6.31. The average Bonchev–Trinajstić information content (AvgIpc) is 2.84. The van der Waals surface area contributed by atoms with Crippen molar-refractivity contribution in [2.45, 2.75) is 50.4 Å². The van der Waals surface area contributed by atoms with E-state index in [1.165, 1.54) is 0 Å². The van der Waals surface area contributed by atoms with Gasteiger partial charge in [0.1, 0.15) is 5.76 Å². The number of rotatable bonds is 2. The van der Waals surface area contributed by atoms with Crippen LogP contribution in [-0.2, 0) is 11.3 Å². The molecule has 4 heteroatoms. The van der Waals surface area contributed by atoms with Gasteiger partial charge in [0.05, 0.1) is 30.6 Å². The third kappa shape index (κ3) is 3.02. The topological polar surface area (TPSA) is 45.8 Å². The molecule has 3 rings (SSSR count). The van der Waals surface area contributed by atoms with Crippen LogP contribution in [0.2, 0.25) is 0 Å². The SMILES string of the molecule is CC1(O)CCOC2(CCN(Cc3ccco3)CC2)C1. The molecule has 0 amide bonds. The number of hydrogen-bond donors (Lipinski definition) is 1. The molecule has 2 fully saturated rings. The highest BCUT2D eigenvalue weighted by Crippen LogP contribution is 2.39. The number of ether oxygens (including phenoxy) is 1. The lowest BCUT2D eigenvalue weighted by Gasteiger charge is -2.48. The van der Waals surface area contributed by atoms with Gasteiger partial charge < -0.3 is 14.3 Å². The van der Waals surface area contributed by atoms with Crippen LogP contribution in [-0.4, -0.2) is 40.9 Å². The van der Waals surface area contributed by atoms with Gasteiger partial charge in [-0.3, -0.25) is 4.90 Å². The van der Waals surface area contributed by atoms with Gasteiger partial charge in [0.15, 0.2) is 0 Å². The normalized spacial score (nSPS) is 31.7. The van der Waals surface area contributed by atoms with E-state index in [2.05, 4.69) is 4.90 Å². The smallest absolute Gasteiger partial charge is 0.117 e. The quantitative estimate of drug-likeness (QED) is 0.890. The lowest BCUT2D eigenvalue weighted by atomic mass is 9.78. The van der Waals surface area contributed by atoms with Crippen LogP contribution in [0.25, 0.3) is 0 Å². The van der Waals surface area contributed by atoms with Gasteiger partial charge in [-0.2, -0.15) is 0 Å². The third-order valence-corrected chi connectivity index (χ3v) is 4.48. The molecule has 4 nitrogen and oxygen atoms in total. The summed E-state index contributed by atoms with van der Waals surface area (Å²) in [5.74, 6) is 1.02. The van der Waals surface area contributed by atoms with Gasteiger partial charge in [0, 0.05) is 19.5 Å². The van der Waals surface area contributed by atoms with Crippen LogP contribution in [0.4, 0.5) is 0 Å². The molecule has 19 heavy (non-hydrogen) atoms. The molecule has 0 saturated carbocycles. The van der Waals surface area contributed by atoms with Crippen LogP contribution in [0, 0.1) is 0 Å². The van der Waals surface area contributed by atoms with Crippen molar-refractivity contribution in [1.29, 1.82) is 0 Å².